The van der Waals surface area contributed by atoms with Crippen LogP contribution in [0.4, 0.5) is 0 Å². The Morgan fingerprint density at radius 2 is 2.33 bits per heavy atom. The summed E-state index contributed by atoms with van der Waals surface area (Å²) in [4.78, 5) is 0. The zero-order valence-corrected chi connectivity index (χ0v) is 7.80. The van der Waals surface area contributed by atoms with Gasteiger partial charge in [0.25, 0.3) is 0 Å². The number of hydrogen-bond donors (Lipinski definition) is 0. The number of aryl methyl sites for hydroxylation is 2. The molecule has 0 atom stereocenters. The van der Waals surface area contributed by atoms with Crippen molar-refractivity contribution in [1.82, 2.24) is 4.57 Å². The normalized spacial score (nSPS) is 19.7. The summed E-state index contributed by atoms with van der Waals surface area (Å²) in [5, 5.41) is 0. The molecule has 1 heteroatoms. The maximum atomic E-state index is 2.37. The molecule has 0 fully saturated rings. The molecular weight excluding hydrogens is 146 g/mol. The average molecular weight is 161 g/mol. The summed E-state index contributed by atoms with van der Waals surface area (Å²) in [5.74, 6) is 0. The van der Waals surface area contributed by atoms with Gasteiger partial charge in [-0.25, -0.2) is 0 Å². The van der Waals surface area contributed by atoms with E-state index in [2.05, 4.69) is 36.8 Å². The van der Waals surface area contributed by atoms with E-state index >= 15 is 0 Å². The summed E-state index contributed by atoms with van der Waals surface area (Å²) in [6.45, 7) is 5.53. The van der Waals surface area contributed by atoms with Gasteiger partial charge in [0.1, 0.15) is 0 Å². The van der Waals surface area contributed by atoms with Crippen LogP contribution >= 0.6 is 0 Å². The zero-order valence-electron chi connectivity index (χ0n) is 7.80. The minimum atomic E-state index is 1.19. The predicted molar refractivity (Wildman–Crippen MR) is 52.1 cm³/mol. The van der Waals surface area contributed by atoms with Gasteiger partial charge in [0.05, 0.1) is 0 Å². The highest BCUT2D eigenvalue weighted by molar-refractivity contribution is 5.66. The van der Waals surface area contributed by atoms with E-state index in [-0.39, 0.29) is 0 Å². The van der Waals surface area contributed by atoms with E-state index in [0.29, 0.717) is 0 Å². The van der Waals surface area contributed by atoms with Crippen molar-refractivity contribution in [2.75, 3.05) is 0 Å². The number of aromatic nitrogens is 1. The summed E-state index contributed by atoms with van der Waals surface area (Å²) in [5.41, 5.74) is 4.40. The molecule has 64 valence electrons. The second kappa shape index (κ2) is 2.81. The monoisotopic (exact) mass is 161 g/mol. The van der Waals surface area contributed by atoms with Crippen LogP contribution in [0.25, 0.3) is 5.57 Å². The van der Waals surface area contributed by atoms with Crippen LogP contribution in [0, 0.1) is 6.92 Å². The van der Waals surface area contributed by atoms with Gasteiger partial charge in [0, 0.05) is 18.4 Å². The summed E-state index contributed by atoms with van der Waals surface area (Å²) in [7, 11) is 0. The third-order valence-electron chi connectivity index (χ3n) is 2.66. The maximum absolute atomic E-state index is 2.37. The van der Waals surface area contributed by atoms with Gasteiger partial charge >= 0.3 is 0 Å². The highest BCUT2D eigenvalue weighted by Gasteiger charge is 2.14. The van der Waals surface area contributed by atoms with Crippen LogP contribution in [-0.4, -0.2) is 4.57 Å². The summed E-state index contributed by atoms with van der Waals surface area (Å²) >= 11 is 0. The highest BCUT2D eigenvalue weighted by atomic mass is 15.0. The number of rotatable bonds is 0. The first kappa shape index (κ1) is 7.66. The van der Waals surface area contributed by atoms with E-state index in [4.69, 9.17) is 0 Å². The minimum Gasteiger partial charge on any atom is -0.348 e. The molecule has 1 aliphatic heterocycles. The Bertz CT molecular complexity index is 318. The van der Waals surface area contributed by atoms with Crippen LogP contribution in [0.3, 0.4) is 0 Å². The standard InChI is InChI=1S/C11H15N/c1-3-10-5-4-7-12-8-6-9(2)11(10)12/h3,6,8H,4-5,7H2,1-2H3/b10-3-. The largest absolute Gasteiger partial charge is 0.348 e. The van der Waals surface area contributed by atoms with Crippen molar-refractivity contribution in [1.29, 1.82) is 0 Å². The van der Waals surface area contributed by atoms with Gasteiger partial charge in [-0.3, -0.25) is 0 Å². The minimum absolute atomic E-state index is 1.19. The van der Waals surface area contributed by atoms with Crippen molar-refractivity contribution in [2.45, 2.75) is 33.2 Å². The number of nitrogens with zero attached hydrogens (tertiary/aromatic N) is 1. The molecule has 1 aromatic rings. The van der Waals surface area contributed by atoms with E-state index in [1.54, 1.807) is 0 Å². The van der Waals surface area contributed by atoms with E-state index in [9.17, 15) is 0 Å². The molecule has 0 aromatic carbocycles. The molecular formula is C11H15N. The smallest absolute Gasteiger partial charge is 0.0465 e. The van der Waals surface area contributed by atoms with E-state index in [0.717, 1.165) is 0 Å². The molecule has 0 saturated carbocycles. The number of fused-ring (bicyclic) bond motifs is 1. The van der Waals surface area contributed by atoms with Crippen LogP contribution in [0.2, 0.25) is 0 Å². The molecule has 0 radical (unpaired) electrons. The molecule has 0 aliphatic carbocycles. The molecule has 0 N–H and O–H groups in total. The average Bonchev–Trinajstić information content (AvgIpc) is 2.48. The Kier molecular flexibility index (Phi) is 1.80. The van der Waals surface area contributed by atoms with Gasteiger partial charge in [-0.2, -0.15) is 0 Å². The lowest BCUT2D eigenvalue weighted by atomic mass is 10.0. The van der Waals surface area contributed by atoms with Gasteiger partial charge in [-0.05, 0) is 43.9 Å². The van der Waals surface area contributed by atoms with E-state index < -0.39 is 0 Å². The van der Waals surface area contributed by atoms with E-state index in [1.165, 1.54) is 36.2 Å². The van der Waals surface area contributed by atoms with Crippen LogP contribution in [0.1, 0.15) is 31.0 Å². The molecule has 0 saturated heterocycles. The molecule has 12 heavy (non-hydrogen) atoms. The first-order chi connectivity index (χ1) is 5.83. The lowest BCUT2D eigenvalue weighted by molar-refractivity contribution is 0.618. The Hall–Kier alpha value is -0.980. The number of hydrogen-bond acceptors (Lipinski definition) is 0. The van der Waals surface area contributed by atoms with Crippen LogP contribution in [-0.2, 0) is 6.54 Å². The van der Waals surface area contributed by atoms with Crippen molar-refractivity contribution in [3.8, 4) is 0 Å². The van der Waals surface area contributed by atoms with Crippen LogP contribution < -0.4 is 0 Å². The Morgan fingerprint density at radius 3 is 3.08 bits per heavy atom. The molecule has 0 bridgehead atoms. The van der Waals surface area contributed by atoms with Gasteiger partial charge in [-0.15, -0.1) is 0 Å². The fourth-order valence-electron chi connectivity index (χ4n) is 2.05. The second-order valence-electron chi connectivity index (χ2n) is 3.46. The van der Waals surface area contributed by atoms with Gasteiger partial charge in [-0.1, -0.05) is 6.08 Å². The lowest BCUT2D eigenvalue weighted by Crippen LogP contribution is -2.08. The quantitative estimate of drug-likeness (QED) is 0.551. The van der Waals surface area contributed by atoms with Crippen molar-refractivity contribution in [3.05, 3.63) is 29.6 Å². The molecule has 2 rings (SSSR count). The highest BCUT2D eigenvalue weighted by Crippen LogP contribution is 2.28. The second-order valence-corrected chi connectivity index (χ2v) is 3.46. The summed E-state index contributed by atoms with van der Waals surface area (Å²) in [6.07, 6.45) is 6.99. The molecule has 0 unspecified atom stereocenters. The maximum Gasteiger partial charge on any atom is 0.0465 e. The van der Waals surface area contributed by atoms with E-state index in [1.807, 2.05) is 0 Å². The first-order valence-electron chi connectivity index (χ1n) is 4.64. The molecule has 1 nitrogen and oxygen atoms in total. The first-order valence-corrected chi connectivity index (χ1v) is 4.64. The van der Waals surface area contributed by atoms with Crippen molar-refractivity contribution < 1.29 is 0 Å². The number of allylic oxidation sites excluding steroid dienone is 2. The summed E-state index contributed by atoms with van der Waals surface area (Å²) in [6, 6.07) is 2.21. The SMILES string of the molecule is C/C=C1/CCCn2ccc(C)c21. The third-order valence-corrected chi connectivity index (χ3v) is 2.66. The fourth-order valence-corrected chi connectivity index (χ4v) is 2.05. The fraction of sp³-hybridized carbons (Fsp3) is 0.455. The molecule has 1 aromatic heterocycles. The van der Waals surface area contributed by atoms with Crippen molar-refractivity contribution >= 4 is 5.57 Å². The van der Waals surface area contributed by atoms with Gasteiger partial charge in [0.15, 0.2) is 0 Å². The molecule has 2 heterocycles. The molecule has 1 aliphatic rings. The summed E-state index contributed by atoms with van der Waals surface area (Å²) < 4.78 is 2.37. The van der Waals surface area contributed by atoms with Gasteiger partial charge in [0.2, 0.25) is 0 Å². The zero-order chi connectivity index (χ0) is 8.55. The van der Waals surface area contributed by atoms with Crippen LogP contribution in [0.15, 0.2) is 18.3 Å². The lowest BCUT2D eigenvalue weighted by Gasteiger charge is -2.19. The topological polar surface area (TPSA) is 4.93 Å². The van der Waals surface area contributed by atoms with Crippen molar-refractivity contribution in [3.63, 3.8) is 0 Å². The molecule has 0 spiro atoms. The molecule has 0 amide bonds. The Labute approximate surface area is 73.7 Å². The van der Waals surface area contributed by atoms with Crippen LogP contribution in [0.5, 0.6) is 0 Å². The van der Waals surface area contributed by atoms with Crippen molar-refractivity contribution in [2.24, 2.45) is 0 Å². The predicted octanol–water partition coefficient (Wildman–Crippen LogP) is 2.99. The van der Waals surface area contributed by atoms with Gasteiger partial charge < -0.3 is 4.57 Å². The Morgan fingerprint density at radius 1 is 1.50 bits per heavy atom. The third kappa shape index (κ3) is 1.01. The Balaban J connectivity index is 2.55.